The zero-order chi connectivity index (χ0) is 13.1. The number of carbonyl (C=O) groups is 1. The van der Waals surface area contributed by atoms with Gasteiger partial charge in [0.2, 0.25) is 0 Å². The first-order valence-electron chi connectivity index (χ1n) is 6.93. The maximum Gasteiger partial charge on any atom is 0.270 e. The fourth-order valence-electron chi connectivity index (χ4n) is 2.21. The molecule has 5 nitrogen and oxygen atoms in total. The molecule has 0 radical (unpaired) electrons. The number of carbonyl (C=O) groups excluding carboxylic acids is 1. The van der Waals surface area contributed by atoms with Crippen molar-refractivity contribution in [2.24, 2.45) is 0 Å². The number of hydrogen-bond acceptors (Lipinski definition) is 4. The second-order valence-electron chi connectivity index (χ2n) is 5.19. The monoisotopic (exact) mass is 261 g/mol. The van der Waals surface area contributed by atoms with Crippen molar-refractivity contribution in [2.45, 2.75) is 37.8 Å². The van der Waals surface area contributed by atoms with Crippen molar-refractivity contribution in [1.29, 1.82) is 0 Å². The van der Waals surface area contributed by atoms with Gasteiger partial charge in [-0.2, -0.15) is 0 Å². The minimum absolute atomic E-state index is 0.130. The Morgan fingerprint density at radius 3 is 3.05 bits per heavy atom. The highest BCUT2D eigenvalue weighted by Crippen LogP contribution is 2.24. The van der Waals surface area contributed by atoms with Gasteiger partial charge in [0.15, 0.2) is 0 Å². The number of nitrogens with zero attached hydrogens (tertiary/aromatic N) is 1. The first-order chi connectivity index (χ1) is 9.31. The van der Waals surface area contributed by atoms with Crippen LogP contribution in [-0.4, -0.2) is 36.2 Å². The third-order valence-electron chi connectivity index (χ3n) is 3.45. The standard InChI is InChI=1S/C14H19N3O2/c18-14(16-9-12-2-1-7-19-12)13-8-11(5-6-15-13)17-10-3-4-10/h5-6,8,10,12H,1-4,7,9H2,(H,15,17)(H,16,18). The number of ether oxygens (including phenoxy) is 1. The van der Waals surface area contributed by atoms with Gasteiger partial charge in [-0.1, -0.05) is 0 Å². The third-order valence-corrected chi connectivity index (χ3v) is 3.45. The molecule has 0 spiro atoms. The molecule has 2 fully saturated rings. The van der Waals surface area contributed by atoms with Crippen molar-refractivity contribution < 1.29 is 9.53 Å². The molecule has 1 atom stereocenters. The summed E-state index contributed by atoms with van der Waals surface area (Å²) in [6.45, 7) is 1.38. The molecule has 1 aromatic rings. The molecule has 0 bridgehead atoms. The lowest BCUT2D eigenvalue weighted by atomic mass is 10.2. The average Bonchev–Trinajstić information content (AvgIpc) is 3.08. The Balaban J connectivity index is 1.55. The van der Waals surface area contributed by atoms with E-state index in [4.69, 9.17) is 4.74 Å². The topological polar surface area (TPSA) is 63.2 Å². The second-order valence-corrected chi connectivity index (χ2v) is 5.19. The minimum Gasteiger partial charge on any atom is -0.382 e. The molecule has 2 N–H and O–H groups in total. The molecule has 1 aliphatic carbocycles. The number of anilines is 1. The molecule has 1 aliphatic heterocycles. The Kier molecular flexibility index (Phi) is 3.64. The second kappa shape index (κ2) is 5.57. The van der Waals surface area contributed by atoms with Crippen molar-refractivity contribution in [2.75, 3.05) is 18.5 Å². The highest BCUT2D eigenvalue weighted by Gasteiger charge is 2.21. The van der Waals surface area contributed by atoms with Gasteiger partial charge < -0.3 is 15.4 Å². The van der Waals surface area contributed by atoms with Crippen LogP contribution in [0.25, 0.3) is 0 Å². The van der Waals surface area contributed by atoms with Crippen molar-refractivity contribution in [3.05, 3.63) is 24.0 Å². The van der Waals surface area contributed by atoms with Crippen LogP contribution < -0.4 is 10.6 Å². The summed E-state index contributed by atoms with van der Waals surface area (Å²) in [5, 5.41) is 6.25. The Morgan fingerprint density at radius 2 is 2.32 bits per heavy atom. The van der Waals surface area contributed by atoms with E-state index in [1.165, 1.54) is 12.8 Å². The van der Waals surface area contributed by atoms with E-state index in [1.807, 2.05) is 12.1 Å². The Bertz CT molecular complexity index is 454. The maximum atomic E-state index is 12.0. The molecule has 5 heteroatoms. The Hall–Kier alpha value is -1.62. The molecule has 2 heterocycles. The molecule has 1 saturated heterocycles. The van der Waals surface area contributed by atoms with Crippen LogP contribution in [0.4, 0.5) is 5.69 Å². The first kappa shape index (κ1) is 12.4. The molecule has 2 aliphatic rings. The van der Waals surface area contributed by atoms with Gasteiger partial charge in [0.25, 0.3) is 5.91 Å². The molecule has 102 valence electrons. The summed E-state index contributed by atoms with van der Waals surface area (Å²) in [5.41, 5.74) is 1.43. The van der Waals surface area contributed by atoms with E-state index in [-0.39, 0.29) is 12.0 Å². The lowest BCUT2D eigenvalue weighted by Gasteiger charge is -2.11. The molecule has 1 unspecified atom stereocenters. The quantitative estimate of drug-likeness (QED) is 0.844. The number of rotatable bonds is 5. The average molecular weight is 261 g/mol. The van der Waals surface area contributed by atoms with Crippen molar-refractivity contribution in [3.63, 3.8) is 0 Å². The van der Waals surface area contributed by atoms with Gasteiger partial charge in [-0.3, -0.25) is 9.78 Å². The number of nitrogens with one attached hydrogen (secondary N) is 2. The Morgan fingerprint density at radius 1 is 1.42 bits per heavy atom. The van der Waals surface area contributed by atoms with Gasteiger partial charge >= 0.3 is 0 Å². The van der Waals surface area contributed by atoms with Gasteiger partial charge in [-0.25, -0.2) is 0 Å². The number of hydrogen-bond donors (Lipinski definition) is 2. The third kappa shape index (κ3) is 3.44. The summed E-state index contributed by atoms with van der Waals surface area (Å²) in [4.78, 5) is 16.1. The molecular weight excluding hydrogens is 242 g/mol. The minimum atomic E-state index is -0.130. The van der Waals surface area contributed by atoms with Gasteiger partial charge in [0, 0.05) is 31.1 Å². The van der Waals surface area contributed by atoms with Crippen LogP contribution in [0.1, 0.15) is 36.2 Å². The van der Waals surface area contributed by atoms with Crippen LogP contribution in [0.2, 0.25) is 0 Å². The number of pyridine rings is 1. The van der Waals surface area contributed by atoms with Crippen LogP contribution in [0.3, 0.4) is 0 Å². The molecular formula is C14H19N3O2. The van der Waals surface area contributed by atoms with E-state index >= 15 is 0 Å². The molecule has 3 rings (SSSR count). The van der Waals surface area contributed by atoms with Crippen LogP contribution in [0.15, 0.2) is 18.3 Å². The SMILES string of the molecule is O=C(NCC1CCCO1)c1cc(NC2CC2)ccn1. The predicted octanol–water partition coefficient (Wildman–Crippen LogP) is 1.56. The van der Waals surface area contributed by atoms with Crippen LogP contribution in [-0.2, 0) is 4.74 Å². The van der Waals surface area contributed by atoms with Gasteiger partial charge in [-0.15, -0.1) is 0 Å². The van der Waals surface area contributed by atoms with Gasteiger partial charge in [-0.05, 0) is 37.8 Å². The molecule has 0 aromatic carbocycles. The first-order valence-corrected chi connectivity index (χ1v) is 6.93. The molecule has 1 aromatic heterocycles. The van der Waals surface area contributed by atoms with E-state index in [1.54, 1.807) is 6.20 Å². The van der Waals surface area contributed by atoms with Crippen molar-refractivity contribution in [1.82, 2.24) is 10.3 Å². The molecule has 19 heavy (non-hydrogen) atoms. The van der Waals surface area contributed by atoms with E-state index in [0.717, 1.165) is 25.1 Å². The summed E-state index contributed by atoms with van der Waals surface area (Å²) < 4.78 is 5.48. The summed E-state index contributed by atoms with van der Waals surface area (Å²) in [6, 6.07) is 4.28. The van der Waals surface area contributed by atoms with Gasteiger partial charge in [0.1, 0.15) is 5.69 Å². The molecule has 1 saturated carbocycles. The highest BCUT2D eigenvalue weighted by atomic mass is 16.5. The fourth-order valence-corrected chi connectivity index (χ4v) is 2.21. The van der Waals surface area contributed by atoms with Crippen LogP contribution in [0.5, 0.6) is 0 Å². The van der Waals surface area contributed by atoms with Crippen molar-refractivity contribution in [3.8, 4) is 0 Å². The highest BCUT2D eigenvalue weighted by molar-refractivity contribution is 5.93. The Labute approximate surface area is 112 Å². The largest absolute Gasteiger partial charge is 0.382 e. The summed E-state index contributed by atoms with van der Waals surface area (Å²) in [6.07, 6.45) is 6.37. The summed E-state index contributed by atoms with van der Waals surface area (Å²) in [5.74, 6) is -0.130. The normalized spacial score (nSPS) is 22.2. The molecule has 1 amide bonds. The van der Waals surface area contributed by atoms with Crippen molar-refractivity contribution >= 4 is 11.6 Å². The summed E-state index contributed by atoms with van der Waals surface area (Å²) >= 11 is 0. The van der Waals surface area contributed by atoms with Crippen LogP contribution >= 0.6 is 0 Å². The number of amides is 1. The lowest BCUT2D eigenvalue weighted by Crippen LogP contribution is -2.32. The zero-order valence-electron chi connectivity index (χ0n) is 10.9. The van der Waals surface area contributed by atoms with Crippen LogP contribution in [0, 0.1) is 0 Å². The van der Waals surface area contributed by atoms with E-state index < -0.39 is 0 Å². The van der Waals surface area contributed by atoms with E-state index in [0.29, 0.717) is 18.3 Å². The smallest absolute Gasteiger partial charge is 0.270 e. The fraction of sp³-hybridized carbons (Fsp3) is 0.571. The van der Waals surface area contributed by atoms with Gasteiger partial charge in [0.05, 0.1) is 6.10 Å². The zero-order valence-corrected chi connectivity index (χ0v) is 10.9. The summed E-state index contributed by atoms with van der Waals surface area (Å²) in [7, 11) is 0. The van der Waals surface area contributed by atoms with E-state index in [2.05, 4.69) is 15.6 Å². The van der Waals surface area contributed by atoms with E-state index in [9.17, 15) is 4.79 Å². The number of aromatic nitrogens is 1. The maximum absolute atomic E-state index is 12.0. The predicted molar refractivity (Wildman–Crippen MR) is 72.2 cm³/mol. The lowest BCUT2D eigenvalue weighted by molar-refractivity contribution is 0.0854.